The number of likely N-dealkylation sites (N-methyl/N-ethyl adjacent to an activating group) is 1. The standard InChI is InChI=1S/C15H27NO4/c1-4-16(9-12(3)15(18)19)14(17)10-20-13-8-6-5-7-11(13)2/h11-13H,4-10H2,1-3H3,(H,18,19)/t11-,12-,13+/m0/s1. The van der Waals surface area contributed by atoms with Crippen molar-refractivity contribution in [1.29, 1.82) is 0 Å². The highest BCUT2D eigenvalue weighted by Gasteiger charge is 2.24. The van der Waals surface area contributed by atoms with Crippen molar-refractivity contribution in [3.63, 3.8) is 0 Å². The van der Waals surface area contributed by atoms with Gasteiger partial charge in [-0.05, 0) is 25.7 Å². The lowest BCUT2D eigenvalue weighted by Gasteiger charge is -2.30. The molecule has 3 atom stereocenters. The lowest BCUT2D eigenvalue weighted by molar-refractivity contribution is -0.145. The zero-order chi connectivity index (χ0) is 15.1. The second-order valence-electron chi connectivity index (χ2n) is 5.78. The largest absolute Gasteiger partial charge is 0.481 e. The lowest BCUT2D eigenvalue weighted by Crippen LogP contribution is -2.40. The van der Waals surface area contributed by atoms with Gasteiger partial charge in [-0.25, -0.2) is 0 Å². The molecule has 0 aliphatic heterocycles. The van der Waals surface area contributed by atoms with Gasteiger partial charge in [0.1, 0.15) is 6.61 Å². The van der Waals surface area contributed by atoms with E-state index in [1.807, 2.05) is 6.92 Å². The molecule has 0 heterocycles. The zero-order valence-corrected chi connectivity index (χ0v) is 12.8. The van der Waals surface area contributed by atoms with Gasteiger partial charge in [0.15, 0.2) is 0 Å². The van der Waals surface area contributed by atoms with Gasteiger partial charge in [-0.15, -0.1) is 0 Å². The molecule has 0 aromatic heterocycles. The smallest absolute Gasteiger partial charge is 0.308 e. The predicted octanol–water partition coefficient (Wildman–Crippen LogP) is 2.15. The fourth-order valence-corrected chi connectivity index (χ4v) is 2.62. The first-order valence-corrected chi connectivity index (χ1v) is 7.57. The van der Waals surface area contributed by atoms with Crippen LogP contribution < -0.4 is 0 Å². The molecule has 1 aliphatic rings. The number of carboxylic acids is 1. The van der Waals surface area contributed by atoms with Crippen LogP contribution in [0.3, 0.4) is 0 Å². The van der Waals surface area contributed by atoms with Crippen molar-refractivity contribution >= 4 is 11.9 Å². The van der Waals surface area contributed by atoms with Crippen LogP contribution in [0, 0.1) is 11.8 Å². The summed E-state index contributed by atoms with van der Waals surface area (Å²) in [4.78, 5) is 24.5. The third kappa shape index (κ3) is 5.12. The van der Waals surface area contributed by atoms with E-state index in [1.54, 1.807) is 11.8 Å². The van der Waals surface area contributed by atoms with Gasteiger partial charge in [0.05, 0.1) is 12.0 Å². The molecule has 0 bridgehead atoms. The second kappa shape index (κ2) is 8.25. The molecule has 0 unspecified atom stereocenters. The van der Waals surface area contributed by atoms with Crippen molar-refractivity contribution in [2.45, 2.75) is 52.6 Å². The number of amides is 1. The van der Waals surface area contributed by atoms with E-state index in [1.165, 1.54) is 6.42 Å². The molecular weight excluding hydrogens is 258 g/mol. The number of aliphatic carboxylic acids is 1. The van der Waals surface area contributed by atoms with Gasteiger partial charge >= 0.3 is 5.97 Å². The summed E-state index contributed by atoms with van der Waals surface area (Å²) in [6.07, 6.45) is 4.75. The first-order chi connectivity index (χ1) is 9.45. The molecule has 116 valence electrons. The molecule has 1 amide bonds. The van der Waals surface area contributed by atoms with Crippen molar-refractivity contribution in [3.8, 4) is 0 Å². The number of hydrogen-bond donors (Lipinski definition) is 1. The summed E-state index contributed by atoms with van der Waals surface area (Å²) < 4.78 is 5.74. The van der Waals surface area contributed by atoms with E-state index in [4.69, 9.17) is 9.84 Å². The van der Waals surface area contributed by atoms with Gasteiger partial charge in [-0.3, -0.25) is 9.59 Å². The molecule has 20 heavy (non-hydrogen) atoms. The number of rotatable bonds is 7. The maximum absolute atomic E-state index is 12.1. The Hall–Kier alpha value is -1.10. The Morgan fingerprint density at radius 3 is 2.55 bits per heavy atom. The molecule has 0 spiro atoms. The molecule has 0 saturated heterocycles. The first-order valence-electron chi connectivity index (χ1n) is 7.57. The summed E-state index contributed by atoms with van der Waals surface area (Å²) in [7, 11) is 0. The molecule has 0 aromatic carbocycles. The Labute approximate surface area is 121 Å². The number of carboxylic acid groups (broad SMARTS) is 1. The van der Waals surface area contributed by atoms with Crippen LogP contribution in [0.25, 0.3) is 0 Å². The van der Waals surface area contributed by atoms with E-state index in [-0.39, 0.29) is 25.2 Å². The van der Waals surface area contributed by atoms with Crippen LogP contribution in [0.1, 0.15) is 46.5 Å². The fraction of sp³-hybridized carbons (Fsp3) is 0.867. The van der Waals surface area contributed by atoms with Crippen molar-refractivity contribution in [2.75, 3.05) is 19.7 Å². The summed E-state index contributed by atoms with van der Waals surface area (Å²) >= 11 is 0. The Morgan fingerprint density at radius 1 is 1.35 bits per heavy atom. The number of carbonyl (C=O) groups excluding carboxylic acids is 1. The summed E-state index contributed by atoms with van der Waals surface area (Å²) in [5, 5.41) is 8.91. The maximum Gasteiger partial charge on any atom is 0.308 e. The molecule has 0 radical (unpaired) electrons. The van der Waals surface area contributed by atoms with Crippen LogP contribution in [0.15, 0.2) is 0 Å². The minimum absolute atomic E-state index is 0.0647. The summed E-state index contributed by atoms with van der Waals surface area (Å²) in [6.45, 7) is 6.46. The second-order valence-corrected chi connectivity index (χ2v) is 5.78. The summed E-state index contributed by atoms with van der Waals surface area (Å²) in [5.74, 6) is -1.03. The predicted molar refractivity (Wildman–Crippen MR) is 76.4 cm³/mol. The molecule has 1 saturated carbocycles. The van der Waals surface area contributed by atoms with Crippen molar-refractivity contribution in [3.05, 3.63) is 0 Å². The Bertz CT molecular complexity index is 332. The van der Waals surface area contributed by atoms with Crippen molar-refractivity contribution in [2.24, 2.45) is 11.8 Å². The van der Waals surface area contributed by atoms with E-state index < -0.39 is 11.9 Å². The quantitative estimate of drug-likeness (QED) is 0.778. The van der Waals surface area contributed by atoms with Gasteiger partial charge in [0, 0.05) is 13.1 Å². The number of nitrogens with zero attached hydrogens (tertiary/aromatic N) is 1. The molecular formula is C15H27NO4. The highest BCUT2D eigenvalue weighted by Crippen LogP contribution is 2.26. The SMILES string of the molecule is CCN(C[C@H](C)C(=O)O)C(=O)CO[C@@H]1CCCC[C@@H]1C. The van der Waals surface area contributed by atoms with Crippen LogP contribution in [0.2, 0.25) is 0 Å². The third-order valence-electron chi connectivity index (χ3n) is 4.10. The Balaban J connectivity index is 2.40. The first kappa shape index (κ1) is 17.0. The van der Waals surface area contributed by atoms with Crippen molar-refractivity contribution in [1.82, 2.24) is 4.90 Å². The fourth-order valence-electron chi connectivity index (χ4n) is 2.62. The van der Waals surface area contributed by atoms with Gasteiger partial charge < -0.3 is 14.7 Å². The Kier molecular flexibility index (Phi) is 6.99. The lowest BCUT2D eigenvalue weighted by atomic mass is 9.88. The Morgan fingerprint density at radius 2 is 2.00 bits per heavy atom. The van der Waals surface area contributed by atoms with Crippen LogP contribution in [0.4, 0.5) is 0 Å². The van der Waals surface area contributed by atoms with E-state index >= 15 is 0 Å². The van der Waals surface area contributed by atoms with E-state index in [0.29, 0.717) is 12.5 Å². The van der Waals surface area contributed by atoms with Gasteiger partial charge in [-0.2, -0.15) is 0 Å². The van der Waals surface area contributed by atoms with Crippen LogP contribution in [-0.2, 0) is 14.3 Å². The van der Waals surface area contributed by atoms with Gasteiger partial charge in [0.2, 0.25) is 5.91 Å². The van der Waals surface area contributed by atoms with Crippen molar-refractivity contribution < 1.29 is 19.4 Å². The maximum atomic E-state index is 12.1. The minimum atomic E-state index is -0.877. The van der Waals surface area contributed by atoms with Crippen LogP contribution in [0.5, 0.6) is 0 Å². The zero-order valence-electron chi connectivity index (χ0n) is 12.8. The highest BCUT2D eigenvalue weighted by atomic mass is 16.5. The van der Waals surface area contributed by atoms with E-state index in [2.05, 4.69) is 6.92 Å². The topological polar surface area (TPSA) is 66.8 Å². The molecule has 1 fully saturated rings. The molecule has 1 N–H and O–H groups in total. The van der Waals surface area contributed by atoms with Gasteiger partial charge in [0.25, 0.3) is 0 Å². The summed E-state index contributed by atoms with van der Waals surface area (Å²) in [5.41, 5.74) is 0. The number of carbonyl (C=O) groups is 2. The monoisotopic (exact) mass is 285 g/mol. The van der Waals surface area contributed by atoms with E-state index in [0.717, 1.165) is 19.3 Å². The number of hydrogen-bond acceptors (Lipinski definition) is 3. The minimum Gasteiger partial charge on any atom is -0.481 e. The van der Waals surface area contributed by atoms with Crippen LogP contribution >= 0.6 is 0 Å². The molecule has 5 heteroatoms. The third-order valence-corrected chi connectivity index (χ3v) is 4.10. The van der Waals surface area contributed by atoms with E-state index in [9.17, 15) is 9.59 Å². The normalized spacial score (nSPS) is 24.1. The molecule has 1 aliphatic carbocycles. The highest BCUT2D eigenvalue weighted by molar-refractivity contribution is 5.78. The average Bonchev–Trinajstić information content (AvgIpc) is 2.43. The molecule has 0 aromatic rings. The van der Waals surface area contributed by atoms with Crippen LogP contribution in [-0.4, -0.2) is 47.7 Å². The van der Waals surface area contributed by atoms with Gasteiger partial charge in [-0.1, -0.05) is 26.7 Å². The summed E-state index contributed by atoms with van der Waals surface area (Å²) in [6, 6.07) is 0. The molecule has 1 rings (SSSR count). The number of ether oxygens (including phenoxy) is 1. The molecule has 5 nitrogen and oxygen atoms in total. The average molecular weight is 285 g/mol.